The number of hydrogen-bond acceptors (Lipinski definition) is 2. The Balaban J connectivity index is 2.21. The van der Waals surface area contributed by atoms with Crippen molar-refractivity contribution in [2.24, 2.45) is 4.99 Å². The molecule has 1 amide bonds. The van der Waals surface area contributed by atoms with E-state index in [0.29, 0.717) is 5.56 Å². The molecule has 0 fully saturated rings. The quantitative estimate of drug-likeness (QED) is 0.517. The summed E-state index contributed by atoms with van der Waals surface area (Å²) < 4.78 is 0. The van der Waals surface area contributed by atoms with Gasteiger partial charge in [-0.05, 0) is 45.1 Å². The molecule has 25 heavy (non-hydrogen) atoms. The molecule has 0 heterocycles. The number of amidine groups is 1. The van der Waals surface area contributed by atoms with Gasteiger partial charge in [-0.1, -0.05) is 48.0 Å². The van der Waals surface area contributed by atoms with E-state index in [0.717, 1.165) is 30.1 Å². The largest absolute Gasteiger partial charge is 0.357 e. The number of nitrogens with one attached hydrogen (secondary N) is 1. The van der Waals surface area contributed by atoms with E-state index in [9.17, 15) is 4.79 Å². The van der Waals surface area contributed by atoms with Gasteiger partial charge in [0.25, 0.3) is 5.91 Å². The van der Waals surface area contributed by atoms with Crippen LogP contribution < -0.4 is 5.32 Å². The van der Waals surface area contributed by atoms with Gasteiger partial charge in [0.15, 0.2) is 0 Å². The smallest absolute Gasteiger partial charge is 0.257 e. The molecule has 1 N–H and O–H groups in total. The highest BCUT2D eigenvalue weighted by molar-refractivity contribution is 7.80. The molecule has 0 saturated heterocycles. The van der Waals surface area contributed by atoms with Crippen LogP contribution in [-0.4, -0.2) is 34.8 Å². The summed E-state index contributed by atoms with van der Waals surface area (Å²) in [5.74, 6) is 0.514. The van der Waals surface area contributed by atoms with Crippen LogP contribution in [0.5, 0.6) is 0 Å². The fraction of sp³-hybridized carbons (Fsp3) is 0.250. The molecule has 0 unspecified atom stereocenters. The van der Waals surface area contributed by atoms with Crippen molar-refractivity contribution in [1.29, 1.82) is 0 Å². The Hall–Kier alpha value is -2.53. The number of nitrogens with zero attached hydrogens (tertiary/aromatic N) is 2. The van der Waals surface area contributed by atoms with Crippen molar-refractivity contribution in [1.82, 2.24) is 10.2 Å². The molecule has 0 atom stereocenters. The van der Waals surface area contributed by atoms with Crippen molar-refractivity contribution in [3.05, 3.63) is 71.3 Å². The van der Waals surface area contributed by atoms with E-state index in [1.165, 1.54) is 0 Å². The number of aliphatic imine (C=N–C) groups is 1. The van der Waals surface area contributed by atoms with E-state index in [4.69, 9.17) is 12.2 Å². The highest BCUT2D eigenvalue weighted by atomic mass is 32.1. The monoisotopic (exact) mass is 353 g/mol. The second-order valence-corrected chi connectivity index (χ2v) is 5.99. The Bertz CT molecular complexity index is 750. The van der Waals surface area contributed by atoms with E-state index in [1.807, 2.05) is 49.4 Å². The molecule has 2 aromatic rings. The molecule has 2 aromatic carbocycles. The normalized spacial score (nSPS) is 11.1. The first kappa shape index (κ1) is 18.8. The molecule has 4 nitrogen and oxygen atoms in total. The van der Waals surface area contributed by atoms with Crippen molar-refractivity contribution >= 4 is 29.1 Å². The zero-order chi connectivity index (χ0) is 18.2. The van der Waals surface area contributed by atoms with Gasteiger partial charge in [0.2, 0.25) is 5.11 Å². The first-order chi connectivity index (χ1) is 12.0. The third-order valence-corrected chi connectivity index (χ3v) is 4.03. The molecule has 0 radical (unpaired) electrons. The standard InChI is InChI=1S/C20H23N3OS/c1-4-23(5-2)18(16-9-7-6-8-10-16)21-20(25)22-19(24)17-13-11-15(3)12-14-17/h6-14H,4-5H2,1-3H3,(H,22,24,25)/b21-18+. The summed E-state index contributed by atoms with van der Waals surface area (Å²) in [6.07, 6.45) is 0. The zero-order valence-corrected chi connectivity index (χ0v) is 15.6. The fourth-order valence-corrected chi connectivity index (χ4v) is 2.61. The molecule has 0 saturated carbocycles. The van der Waals surface area contributed by atoms with Crippen LogP contribution in [0.25, 0.3) is 0 Å². The second-order valence-electron chi connectivity index (χ2n) is 5.60. The van der Waals surface area contributed by atoms with Gasteiger partial charge in [0, 0.05) is 24.2 Å². The summed E-state index contributed by atoms with van der Waals surface area (Å²) in [5.41, 5.74) is 2.63. The van der Waals surface area contributed by atoms with Gasteiger partial charge in [-0.3, -0.25) is 10.1 Å². The lowest BCUT2D eigenvalue weighted by atomic mass is 10.1. The maximum Gasteiger partial charge on any atom is 0.257 e. The van der Waals surface area contributed by atoms with Crippen LogP contribution in [-0.2, 0) is 0 Å². The van der Waals surface area contributed by atoms with Crippen molar-refractivity contribution in [2.45, 2.75) is 20.8 Å². The molecule has 0 spiro atoms. The van der Waals surface area contributed by atoms with E-state index < -0.39 is 0 Å². The van der Waals surface area contributed by atoms with Crippen molar-refractivity contribution in [3.8, 4) is 0 Å². The number of benzene rings is 2. The number of carbonyl (C=O) groups is 1. The van der Waals surface area contributed by atoms with Crippen molar-refractivity contribution in [3.63, 3.8) is 0 Å². The molecule has 0 aliphatic heterocycles. The summed E-state index contributed by atoms with van der Waals surface area (Å²) in [7, 11) is 0. The number of aryl methyl sites for hydroxylation is 1. The average Bonchev–Trinajstić information content (AvgIpc) is 2.63. The summed E-state index contributed by atoms with van der Waals surface area (Å²) in [6, 6.07) is 17.2. The molecule has 0 aromatic heterocycles. The van der Waals surface area contributed by atoms with E-state index >= 15 is 0 Å². The number of carbonyl (C=O) groups excluding carboxylic acids is 1. The summed E-state index contributed by atoms with van der Waals surface area (Å²) in [5, 5.41) is 2.86. The van der Waals surface area contributed by atoms with Crippen molar-refractivity contribution < 1.29 is 4.79 Å². The maximum atomic E-state index is 12.3. The first-order valence-corrected chi connectivity index (χ1v) is 8.77. The minimum absolute atomic E-state index is 0.163. The summed E-state index contributed by atoms with van der Waals surface area (Å²) >= 11 is 5.30. The van der Waals surface area contributed by atoms with Gasteiger partial charge in [0.1, 0.15) is 5.84 Å². The minimum atomic E-state index is -0.249. The highest BCUT2D eigenvalue weighted by Gasteiger charge is 2.13. The van der Waals surface area contributed by atoms with Crippen LogP contribution in [0.15, 0.2) is 59.6 Å². The molecule has 2 rings (SSSR count). The Morgan fingerprint density at radius 2 is 1.60 bits per heavy atom. The van der Waals surface area contributed by atoms with Gasteiger partial charge in [-0.25, -0.2) is 4.99 Å². The predicted molar refractivity (Wildman–Crippen MR) is 107 cm³/mol. The highest BCUT2D eigenvalue weighted by Crippen LogP contribution is 2.07. The summed E-state index contributed by atoms with van der Waals surface area (Å²) in [6.45, 7) is 7.72. The maximum absolute atomic E-state index is 12.3. The molecule has 0 bridgehead atoms. The van der Waals surface area contributed by atoms with Gasteiger partial charge < -0.3 is 4.90 Å². The van der Waals surface area contributed by atoms with Crippen LogP contribution in [0.3, 0.4) is 0 Å². The van der Waals surface area contributed by atoms with Crippen LogP contribution in [0.4, 0.5) is 0 Å². The first-order valence-electron chi connectivity index (χ1n) is 8.36. The minimum Gasteiger partial charge on any atom is -0.357 e. The Labute approximate surface area is 154 Å². The number of thiocarbonyl (C=S) groups is 1. The Morgan fingerprint density at radius 1 is 1.00 bits per heavy atom. The van der Waals surface area contributed by atoms with Crippen LogP contribution in [0.2, 0.25) is 0 Å². The molecular formula is C20H23N3OS. The SMILES string of the molecule is CCN(CC)/C(=N/C(=S)NC(=O)c1ccc(C)cc1)c1ccccc1. The van der Waals surface area contributed by atoms with Gasteiger partial charge in [-0.2, -0.15) is 0 Å². The van der Waals surface area contributed by atoms with Gasteiger partial charge >= 0.3 is 0 Å². The summed E-state index contributed by atoms with van der Waals surface area (Å²) in [4.78, 5) is 18.9. The molecule has 5 heteroatoms. The van der Waals surface area contributed by atoms with Crippen LogP contribution in [0, 0.1) is 6.92 Å². The number of rotatable bonds is 4. The lowest BCUT2D eigenvalue weighted by molar-refractivity contribution is 0.0977. The molecular weight excluding hydrogens is 330 g/mol. The van der Waals surface area contributed by atoms with Crippen molar-refractivity contribution in [2.75, 3.05) is 13.1 Å². The third-order valence-electron chi connectivity index (χ3n) is 3.84. The van der Waals surface area contributed by atoms with Gasteiger partial charge in [-0.15, -0.1) is 0 Å². The van der Waals surface area contributed by atoms with Gasteiger partial charge in [0.05, 0.1) is 0 Å². The predicted octanol–water partition coefficient (Wildman–Crippen LogP) is 3.80. The number of amides is 1. The molecule has 0 aliphatic carbocycles. The Morgan fingerprint density at radius 3 is 2.16 bits per heavy atom. The lowest BCUT2D eigenvalue weighted by Crippen LogP contribution is -2.35. The molecule has 130 valence electrons. The fourth-order valence-electron chi connectivity index (χ4n) is 2.43. The number of hydrogen-bond donors (Lipinski definition) is 1. The third kappa shape index (κ3) is 5.22. The second kappa shape index (κ2) is 9.08. The van der Waals surface area contributed by atoms with Crippen LogP contribution >= 0.6 is 12.2 Å². The molecule has 0 aliphatic rings. The average molecular weight is 353 g/mol. The van der Waals surface area contributed by atoms with E-state index in [2.05, 4.69) is 29.1 Å². The van der Waals surface area contributed by atoms with Crippen LogP contribution in [0.1, 0.15) is 35.3 Å². The lowest BCUT2D eigenvalue weighted by Gasteiger charge is -2.23. The topological polar surface area (TPSA) is 44.7 Å². The van der Waals surface area contributed by atoms with E-state index in [-0.39, 0.29) is 11.0 Å². The van der Waals surface area contributed by atoms with E-state index in [1.54, 1.807) is 12.1 Å². The zero-order valence-electron chi connectivity index (χ0n) is 14.8. The Kier molecular flexibility index (Phi) is 6.83.